The summed E-state index contributed by atoms with van der Waals surface area (Å²) in [4.78, 5) is 0. The van der Waals surface area contributed by atoms with Crippen LogP contribution in [0, 0.1) is 11.8 Å². The van der Waals surface area contributed by atoms with E-state index in [-0.39, 0.29) is 6.29 Å². The topological polar surface area (TPSA) is 18.5 Å². The largest absolute Gasteiger partial charge is 0.349 e. The minimum absolute atomic E-state index is 0.176. The first-order valence-electron chi connectivity index (χ1n) is 4.63. The summed E-state index contributed by atoms with van der Waals surface area (Å²) in [6, 6.07) is 0. The van der Waals surface area contributed by atoms with Crippen LogP contribution in [0.25, 0.3) is 0 Å². The average molecular weight is 170 g/mol. The van der Waals surface area contributed by atoms with Crippen LogP contribution in [-0.2, 0) is 9.47 Å². The van der Waals surface area contributed by atoms with E-state index >= 15 is 0 Å². The Balaban J connectivity index is 2.30. The lowest BCUT2D eigenvalue weighted by atomic mass is 9.93. The van der Waals surface area contributed by atoms with Gasteiger partial charge in [-0.3, -0.25) is 0 Å². The molecule has 0 amide bonds. The van der Waals surface area contributed by atoms with Gasteiger partial charge in [-0.2, -0.15) is 0 Å². The zero-order chi connectivity index (χ0) is 8.97. The van der Waals surface area contributed by atoms with E-state index in [9.17, 15) is 0 Å². The molecule has 1 heterocycles. The molecule has 1 atom stereocenters. The molecule has 0 saturated carbocycles. The highest BCUT2D eigenvalue weighted by molar-refractivity contribution is 4.77. The van der Waals surface area contributed by atoms with Gasteiger partial charge in [0.15, 0.2) is 6.29 Å². The van der Waals surface area contributed by atoms with Crippen LogP contribution in [-0.4, -0.2) is 19.5 Å². The Morgan fingerprint density at radius 2 is 2.08 bits per heavy atom. The second kappa shape index (κ2) is 4.63. The van der Waals surface area contributed by atoms with Gasteiger partial charge in [0.2, 0.25) is 0 Å². The lowest BCUT2D eigenvalue weighted by Gasteiger charge is -2.30. The van der Waals surface area contributed by atoms with Crippen LogP contribution in [0.3, 0.4) is 0 Å². The standard InChI is InChI=1S/C10H18O2/c1-4-8(3)9-6-11-10(5-2)12-7-9/h5,8-10H,2,4,6-7H2,1,3H3. The second-order valence-corrected chi connectivity index (χ2v) is 3.42. The van der Waals surface area contributed by atoms with Crippen LogP contribution in [0.2, 0.25) is 0 Å². The Morgan fingerprint density at radius 1 is 1.50 bits per heavy atom. The summed E-state index contributed by atoms with van der Waals surface area (Å²) >= 11 is 0. The second-order valence-electron chi connectivity index (χ2n) is 3.42. The summed E-state index contributed by atoms with van der Waals surface area (Å²) in [6.07, 6.45) is 2.72. The zero-order valence-corrected chi connectivity index (χ0v) is 7.95. The first-order valence-corrected chi connectivity index (χ1v) is 4.63. The maximum Gasteiger partial charge on any atom is 0.176 e. The first kappa shape index (κ1) is 9.75. The molecule has 1 aliphatic heterocycles. The highest BCUT2D eigenvalue weighted by Crippen LogP contribution is 2.21. The molecule has 1 fully saturated rings. The molecule has 2 heteroatoms. The quantitative estimate of drug-likeness (QED) is 0.604. The minimum Gasteiger partial charge on any atom is -0.349 e. The van der Waals surface area contributed by atoms with E-state index in [0.717, 1.165) is 13.2 Å². The molecule has 0 bridgehead atoms. The van der Waals surface area contributed by atoms with Gasteiger partial charge in [0.1, 0.15) is 0 Å². The number of rotatable bonds is 3. The predicted octanol–water partition coefficient (Wildman–Crippen LogP) is 2.21. The Kier molecular flexibility index (Phi) is 3.76. The molecule has 0 spiro atoms. The van der Waals surface area contributed by atoms with Crippen molar-refractivity contribution in [1.29, 1.82) is 0 Å². The molecule has 2 nitrogen and oxygen atoms in total. The molecule has 1 unspecified atom stereocenters. The molecule has 1 rings (SSSR count). The van der Waals surface area contributed by atoms with E-state index in [1.165, 1.54) is 6.42 Å². The van der Waals surface area contributed by atoms with E-state index in [0.29, 0.717) is 11.8 Å². The van der Waals surface area contributed by atoms with Crippen molar-refractivity contribution in [2.45, 2.75) is 26.6 Å². The highest BCUT2D eigenvalue weighted by Gasteiger charge is 2.23. The Labute approximate surface area is 74.6 Å². The SMILES string of the molecule is C=CC1OCC(C(C)CC)CO1. The van der Waals surface area contributed by atoms with Crippen LogP contribution < -0.4 is 0 Å². The smallest absolute Gasteiger partial charge is 0.176 e. The fourth-order valence-corrected chi connectivity index (χ4v) is 1.33. The van der Waals surface area contributed by atoms with Gasteiger partial charge in [0.05, 0.1) is 13.2 Å². The van der Waals surface area contributed by atoms with Gasteiger partial charge < -0.3 is 9.47 Å². The van der Waals surface area contributed by atoms with Gasteiger partial charge in [0, 0.05) is 5.92 Å². The van der Waals surface area contributed by atoms with Crippen molar-refractivity contribution in [1.82, 2.24) is 0 Å². The third kappa shape index (κ3) is 2.32. The highest BCUT2D eigenvalue weighted by atomic mass is 16.7. The molecule has 12 heavy (non-hydrogen) atoms. The molecule has 0 aromatic heterocycles. The molecular formula is C10H18O2. The Hall–Kier alpha value is -0.340. The van der Waals surface area contributed by atoms with Gasteiger partial charge in [-0.1, -0.05) is 26.8 Å². The van der Waals surface area contributed by atoms with Crippen molar-refractivity contribution < 1.29 is 9.47 Å². The maximum absolute atomic E-state index is 5.42. The number of ether oxygens (including phenoxy) is 2. The predicted molar refractivity (Wildman–Crippen MR) is 48.8 cm³/mol. The third-order valence-electron chi connectivity index (χ3n) is 2.59. The minimum atomic E-state index is -0.176. The van der Waals surface area contributed by atoms with Gasteiger partial charge >= 0.3 is 0 Å². The van der Waals surface area contributed by atoms with E-state index in [1.807, 2.05) is 0 Å². The molecule has 0 N–H and O–H groups in total. The van der Waals surface area contributed by atoms with Gasteiger partial charge in [0.25, 0.3) is 0 Å². The number of hydrogen-bond donors (Lipinski definition) is 0. The monoisotopic (exact) mass is 170 g/mol. The Bertz CT molecular complexity index is 137. The van der Waals surface area contributed by atoms with Crippen molar-refractivity contribution in [3.63, 3.8) is 0 Å². The molecular weight excluding hydrogens is 152 g/mol. The normalized spacial score (nSPS) is 32.8. The van der Waals surface area contributed by atoms with Gasteiger partial charge in [-0.15, -0.1) is 0 Å². The van der Waals surface area contributed by atoms with Crippen LogP contribution in [0.1, 0.15) is 20.3 Å². The van der Waals surface area contributed by atoms with Crippen LogP contribution in [0.4, 0.5) is 0 Å². The molecule has 1 saturated heterocycles. The third-order valence-corrected chi connectivity index (χ3v) is 2.59. The van der Waals surface area contributed by atoms with E-state index < -0.39 is 0 Å². The molecule has 0 aromatic carbocycles. The Morgan fingerprint density at radius 3 is 2.50 bits per heavy atom. The van der Waals surface area contributed by atoms with Crippen LogP contribution in [0.5, 0.6) is 0 Å². The molecule has 0 aliphatic carbocycles. The van der Waals surface area contributed by atoms with Crippen molar-refractivity contribution in [2.24, 2.45) is 11.8 Å². The average Bonchev–Trinajstić information content (AvgIpc) is 2.17. The van der Waals surface area contributed by atoms with Crippen molar-refractivity contribution in [3.05, 3.63) is 12.7 Å². The van der Waals surface area contributed by atoms with Gasteiger partial charge in [-0.05, 0) is 12.0 Å². The fraction of sp³-hybridized carbons (Fsp3) is 0.800. The van der Waals surface area contributed by atoms with E-state index in [1.54, 1.807) is 6.08 Å². The molecule has 0 radical (unpaired) electrons. The lowest BCUT2D eigenvalue weighted by Crippen LogP contribution is -2.34. The molecule has 0 aromatic rings. The molecule has 70 valence electrons. The van der Waals surface area contributed by atoms with Crippen molar-refractivity contribution in [2.75, 3.05) is 13.2 Å². The maximum atomic E-state index is 5.42. The van der Waals surface area contributed by atoms with Crippen molar-refractivity contribution in [3.8, 4) is 0 Å². The van der Waals surface area contributed by atoms with Gasteiger partial charge in [-0.25, -0.2) is 0 Å². The summed E-state index contributed by atoms with van der Waals surface area (Å²) in [7, 11) is 0. The summed E-state index contributed by atoms with van der Waals surface area (Å²) < 4.78 is 10.8. The fourth-order valence-electron chi connectivity index (χ4n) is 1.33. The summed E-state index contributed by atoms with van der Waals surface area (Å²) in [5, 5.41) is 0. The van der Waals surface area contributed by atoms with E-state index in [2.05, 4.69) is 20.4 Å². The molecule has 1 aliphatic rings. The first-order chi connectivity index (χ1) is 5.77. The number of hydrogen-bond acceptors (Lipinski definition) is 2. The summed E-state index contributed by atoms with van der Waals surface area (Å²) in [5.41, 5.74) is 0. The summed E-state index contributed by atoms with van der Waals surface area (Å²) in [6.45, 7) is 9.69. The van der Waals surface area contributed by atoms with Crippen molar-refractivity contribution >= 4 is 0 Å². The lowest BCUT2D eigenvalue weighted by molar-refractivity contribution is -0.182. The zero-order valence-electron chi connectivity index (χ0n) is 7.95. The van der Waals surface area contributed by atoms with E-state index in [4.69, 9.17) is 9.47 Å². The van der Waals surface area contributed by atoms with Crippen LogP contribution >= 0.6 is 0 Å². The summed E-state index contributed by atoms with van der Waals surface area (Å²) in [5.74, 6) is 1.25. The van der Waals surface area contributed by atoms with Crippen LogP contribution in [0.15, 0.2) is 12.7 Å².